The van der Waals surface area contributed by atoms with E-state index in [1.807, 2.05) is 60.9 Å². The Hall–Kier alpha value is -2.79. The van der Waals surface area contributed by atoms with E-state index in [9.17, 15) is 4.79 Å². The molecule has 2 aromatic heterocycles. The number of aromatic nitrogens is 2. The average Bonchev–Trinajstić information content (AvgIpc) is 3.02. The molecule has 0 aliphatic heterocycles. The van der Waals surface area contributed by atoms with Crippen LogP contribution in [0.4, 0.5) is 5.13 Å². The van der Waals surface area contributed by atoms with Crippen LogP contribution in [0, 0.1) is 6.92 Å². The number of carbonyl (C=O) groups excluding carboxylic acids is 1. The van der Waals surface area contributed by atoms with Crippen LogP contribution in [0.3, 0.4) is 0 Å². The number of rotatable bonds is 4. The van der Waals surface area contributed by atoms with Gasteiger partial charge in [0.1, 0.15) is 0 Å². The highest BCUT2D eigenvalue weighted by Crippen LogP contribution is 2.19. The second-order valence-electron chi connectivity index (χ2n) is 4.97. The standard InChI is InChI=1S/C18H15N3OS/c1-13-9-10-19-11-16(13)17(22)21-18-20-15(12-23-18)8-7-14-5-3-2-4-6-14/h2-12H,1H3,(H,20,21,22)/b8-7+. The van der Waals surface area contributed by atoms with Gasteiger partial charge in [0.2, 0.25) is 0 Å². The van der Waals surface area contributed by atoms with E-state index in [1.165, 1.54) is 11.3 Å². The first-order valence-electron chi connectivity index (χ1n) is 7.13. The second kappa shape index (κ2) is 6.98. The number of hydrogen-bond donors (Lipinski definition) is 1. The fourth-order valence-electron chi connectivity index (χ4n) is 2.03. The van der Waals surface area contributed by atoms with E-state index in [0.29, 0.717) is 10.7 Å². The maximum absolute atomic E-state index is 12.2. The Morgan fingerprint density at radius 1 is 1.17 bits per heavy atom. The summed E-state index contributed by atoms with van der Waals surface area (Å²) < 4.78 is 0. The van der Waals surface area contributed by atoms with Crippen molar-refractivity contribution in [2.24, 2.45) is 0 Å². The predicted octanol–water partition coefficient (Wildman–Crippen LogP) is 4.27. The Bertz CT molecular complexity index is 840. The highest BCUT2D eigenvalue weighted by molar-refractivity contribution is 7.14. The zero-order chi connectivity index (χ0) is 16.1. The van der Waals surface area contributed by atoms with Crippen molar-refractivity contribution < 1.29 is 4.79 Å². The number of carbonyl (C=O) groups is 1. The molecule has 3 aromatic rings. The van der Waals surface area contributed by atoms with Gasteiger partial charge in [-0.3, -0.25) is 15.1 Å². The summed E-state index contributed by atoms with van der Waals surface area (Å²) in [5.74, 6) is -0.191. The molecule has 2 heterocycles. The summed E-state index contributed by atoms with van der Waals surface area (Å²) in [6, 6.07) is 11.8. The number of anilines is 1. The third kappa shape index (κ3) is 3.90. The highest BCUT2D eigenvalue weighted by Gasteiger charge is 2.10. The molecule has 23 heavy (non-hydrogen) atoms. The number of benzene rings is 1. The fourth-order valence-corrected chi connectivity index (χ4v) is 2.71. The number of nitrogens with zero attached hydrogens (tertiary/aromatic N) is 2. The van der Waals surface area contributed by atoms with Gasteiger partial charge in [-0.25, -0.2) is 4.98 Å². The van der Waals surface area contributed by atoms with Crippen LogP contribution < -0.4 is 5.32 Å². The average molecular weight is 321 g/mol. The molecular formula is C18H15N3OS. The number of pyridine rings is 1. The van der Waals surface area contributed by atoms with Gasteiger partial charge in [-0.05, 0) is 30.2 Å². The third-order valence-corrected chi connectivity index (χ3v) is 4.05. The molecular weight excluding hydrogens is 306 g/mol. The fraction of sp³-hybridized carbons (Fsp3) is 0.0556. The van der Waals surface area contributed by atoms with Crippen molar-refractivity contribution in [3.05, 3.63) is 76.6 Å². The van der Waals surface area contributed by atoms with Gasteiger partial charge in [0.15, 0.2) is 5.13 Å². The van der Waals surface area contributed by atoms with E-state index < -0.39 is 0 Å². The molecule has 0 unspecified atom stereocenters. The van der Waals surface area contributed by atoms with E-state index in [1.54, 1.807) is 12.4 Å². The van der Waals surface area contributed by atoms with E-state index in [0.717, 1.165) is 16.8 Å². The zero-order valence-electron chi connectivity index (χ0n) is 12.6. The van der Waals surface area contributed by atoms with Gasteiger partial charge in [0.25, 0.3) is 5.91 Å². The van der Waals surface area contributed by atoms with Crippen LogP contribution >= 0.6 is 11.3 Å². The van der Waals surface area contributed by atoms with Crippen molar-refractivity contribution in [3.63, 3.8) is 0 Å². The minimum Gasteiger partial charge on any atom is -0.298 e. The summed E-state index contributed by atoms with van der Waals surface area (Å²) in [4.78, 5) is 20.6. The van der Waals surface area contributed by atoms with E-state index >= 15 is 0 Å². The molecule has 0 fully saturated rings. The minimum absolute atomic E-state index is 0.191. The Morgan fingerprint density at radius 3 is 2.78 bits per heavy atom. The largest absolute Gasteiger partial charge is 0.298 e. The summed E-state index contributed by atoms with van der Waals surface area (Å²) in [6.07, 6.45) is 7.15. The van der Waals surface area contributed by atoms with Crippen LogP contribution in [-0.2, 0) is 0 Å². The van der Waals surface area contributed by atoms with Gasteiger partial charge in [0.05, 0.1) is 11.3 Å². The maximum Gasteiger partial charge on any atom is 0.259 e. The van der Waals surface area contributed by atoms with Crippen LogP contribution in [0.2, 0.25) is 0 Å². The first kappa shape index (κ1) is 15.1. The maximum atomic E-state index is 12.2. The van der Waals surface area contributed by atoms with Gasteiger partial charge >= 0.3 is 0 Å². The van der Waals surface area contributed by atoms with Gasteiger partial charge < -0.3 is 0 Å². The molecule has 4 nitrogen and oxygen atoms in total. The number of nitrogens with one attached hydrogen (secondary N) is 1. The third-order valence-electron chi connectivity index (χ3n) is 3.27. The lowest BCUT2D eigenvalue weighted by Gasteiger charge is -2.03. The molecule has 0 saturated carbocycles. The van der Waals surface area contributed by atoms with Crippen LogP contribution in [0.5, 0.6) is 0 Å². The Morgan fingerprint density at radius 2 is 2.00 bits per heavy atom. The topological polar surface area (TPSA) is 54.9 Å². The van der Waals surface area contributed by atoms with E-state index in [-0.39, 0.29) is 5.91 Å². The summed E-state index contributed by atoms with van der Waals surface area (Å²) in [5, 5.41) is 5.30. The molecule has 0 radical (unpaired) electrons. The van der Waals surface area contributed by atoms with Crippen LogP contribution in [0.25, 0.3) is 12.2 Å². The van der Waals surface area contributed by atoms with E-state index in [4.69, 9.17) is 0 Å². The molecule has 5 heteroatoms. The first-order valence-corrected chi connectivity index (χ1v) is 8.01. The number of amides is 1. The summed E-state index contributed by atoms with van der Waals surface area (Å²) in [5.41, 5.74) is 3.37. The van der Waals surface area contributed by atoms with Gasteiger partial charge in [-0.2, -0.15) is 0 Å². The normalized spacial score (nSPS) is 10.8. The molecule has 3 rings (SSSR count). The molecule has 1 aromatic carbocycles. The Labute approximate surface area is 138 Å². The van der Waals surface area contributed by atoms with E-state index in [2.05, 4.69) is 15.3 Å². The monoisotopic (exact) mass is 321 g/mol. The SMILES string of the molecule is Cc1ccncc1C(=O)Nc1nc(/C=C/c2ccccc2)cs1. The zero-order valence-corrected chi connectivity index (χ0v) is 13.4. The predicted molar refractivity (Wildman–Crippen MR) is 94.4 cm³/mol. The Balaban J connectivity index is 1.69. The van der Waals surface area contributed by atoms with Crippen molar-refractivity contribution in [2.75, 3.05) is 5.32 Å². The molecule has 0 bridgehead atoms. The second-order valence-corrected chi connectivity index (χ2v) is 5.82. The summed E-state index contributed by atoms with van der Waals surface area (Å²) >= 11 is 1.40. The lowest BCUT2D eigenvalue weighted by atomic mass is 10.1. The molecule has 0 saturated heterocycles. The van der Waals surface area contributed by atoms with Gasteiger partial charge in [-0.1, -0.05) is 36.4 Å². The van der Waals surface area contributed by atoms with Crippen LogP contribution in [0.15, 0.2) is 54.2 Å². The van der Waals surface area contributed by atoms with Crippen molar-refractivity contribution in [1.29, 1.82) is 0 Å². The molecule has 0 aliphatic carbocycles. The van der Waals surface area contributed by atoms with Crippen molar-refractivity contribution >= 4 is 34.5 Å². The first-order chi connectivity index (χ1) is 11.2. The number of thiazole rings is 1. The summed E-state index contributed by atoms with van der Waals surface area (Å²) in [6.45, 7) is 1.88. The van der Waals surface area contributed by atoms with Crippen LogP contribution in [0.1, 0.15) is 27.2 Å². The lowest BCUT2D eigenvalue weighted by Crippen LogP contribution is -2.13. The smallest absolute Gasteiger partial charge is 0.259 e. The quantitative estimate of drug-likeness (QED) is 0.781. The Kier molecular flexibility index (Phi) is 4.59. The minimum atomic E-state index is -0.191. The van der Waals surface area contributed by atoms with Gasteiger partial charge in [0, 0.05) is 17.8 Å². The highest BCUT2D eigenvalue weighted by atomic mass is 32.1. The van der Waals surface area contributed by atoms with Crippen molar-refractivity contribution in [3.8, 4) is 0 Å². The van der Waals surface area contributed by atoms with Crippen LogP contribution in [-0.4, -0.2) is 15.9 Å². The molecule has 114 valence electrons. The molecule has 0 spiro atoms. The summed E-state index contributed by atoms with van der Waals surface area (Å²) in [7, 11) is 0. The molecule has 0 aliphatic rings. The molecule has 1 N–H and O–H groups in total. The molecule has 1 amide bonds. The number of hydrogen-bond acceptors (Lipinski definition) is 4. The number of aryl methyl sites for hydroxylation is 1. The van der Waals surface area contributed by atoms with Crippen molar-refractivity contribution in [2.45, 2.75) is 6.92 Å². The molecule has 0 atom stereocenters. The lowest BCUT2D eigenvalue weighted by molar-refractivity contribution is 0.102. The van der Waals surface area contributed by atoms with Gasteiger partial charge in [-0.15, -0.1) is 11.3 Å². The van der Waals surface area contributed by atoms with Crippen molar-refractivity contribution in [1.82, 2.24) is 9.97 Å².